The van der Waals surface area contributed by atoms with Crippen molar-refractivity contribution in [3.8, 4) is 0 Å². The van der Waals surface area contributed by atoms with Gasteiger partial charge >= 0.3 is 0 Å². The molecular weight excluding hydrogens is 252 g/mol. The Bertz CT molecular complexity index is 569. The molecule has 2 aromatic rings. The van der Waals surface area contributed by atoms with Gasteiger partial charge in [0, 0.05) is 24.5 Å². The van der Waals surface area contributed by atoms with Crippen LogP contribution in [0.3, 0.4) is 0 Å². The number of nitrogens with zero attached hydrogens (tertiary/aromatic N) is 3. The number of aromatic nitrogens is 3. The molecule has 20 heavy (non-hydrogen) atoms. The van der Waals surface area contributed by atoms with Crippen LogP contribution in [0, 0.1) is 6.92 Å². The van der Waals surface area contributed by atoms with Gasteiger partial charge in [0.1, 0.15) is 18.0 Å². The van der Waals surface area contributed by atoms with Gasteiger partial charge in [-0.2, -0.15) is 0 Å². The Morgan fingerprint density at radius 2 is 2.05 bits per heavy atom. The highest BCUT2D eigenvalue weighted by Crippen LogP contribution is 2.21. The van der Waals surface area contributed by atoms with E-state index in [9.17, 15) is 0 Å². The van der Waals surface area contributed by atoms with E-state index in [4.69, 9.17) is 5.84 Å². The largest absolute Gasteiger partial charge is 0.366 e. The summed E-state index contributed by atoms with van der Waals surface area (Å²) in [5, 5.41) is 3.36. The van der Waals surface area contributed by atoms with Gasteiger partial charge in [-0.1, -0.05) is 13.3 Å². The van der Waals surface area contributed by atoms with E-state index in [1.54, 1.807) is 6.20 Å². The van der Waals surface area contributed by atoms with Gasteiger partial charge in [0.15, 0.2) is 0 Å². The van der Waals surface area contributed by atoms with Crippen molar-refractivity contribution in [3.63, 3.8) is 0 Å². The quantitative estimate of drug-likeness (QED) is 0.551. The lowest BCUT2D eigenvalue weighted by molar-refractivity contribution is 0.896. The first-order valence-corrected chi connectivity index (χ1v) is 6.70. The van der Waals surface area contributed by atoms with Crippen LogP contribution >= 0.6 is 0 Å². The molecule has 6 heteroatoms. The molecule has 0 amide bonds. The molecule has 0 aliphatic rings. The normalized spacial score (nSPS) is 10.3. The highest BCUT2D eigenvalue weighted by Gasteiger charge is 2.10. The lowest BCUT2D eigenvalue weighted by Crippen LogP contribution is -2.14. The minimum atomic E-state index is 0.677. The van der Waals surface area contributed by atoms with Crippen LogP contribution in [0.15, 0.2) is 24.8 Å². The summed E-state index contributed by atoms with van der Waals surface area (Å²) in [5.74, 6) is 7.01. The maximum absolute atomic E-state index is 5.50. The Morgan fingerprint density at radius 1 is 1.25 bits per heavy atom. The topological polar surface area (TPSA) is 88.8 Å². The molecule has 0 aliphatic heterocycles. The summed E-state index contributed by atoms with van der Waals surface area (Å²) in [6.07, 6.45) is 7.04. The molecule has 4 N–H and O–H groups in total. The number of rotatable bonds is 6. The van der Waals surface area contributed by atoms with Crippen LogP contribution in [0.1, 0.15) is 30.0 Å². The third-order valence-electron chi connectivity index (χ3n) is 3.16. The Labute approximate surface area is 118 Å². The minimum absolute atomic E-state index is 0.677. The van der Waals surface area contributed by atoms with E-state index >= 15 is 0 Å². The summed E-state index contributed by atoms with van der Waals surface area (Å²) in [6, 6.07) is 2.01. The summed E-state index contributed by atoms with van der Waals surface area (Å²) in [7, 11) is 0. The summed E-state index contributed by atoms with van der Waals surface area (Å²) in [5.41, 5.74) is 6.00. The van der Waals surface area contributed by atoms with Crippen molar-refractivity contribution in [2.24, 2.45) is 5.84 Å². The molecule has 106 valence electrons. The fourth-order valence-electron chi connectivity index (χ4n) is 2.06. The van der Waals surface area contributed by atoms with E-state index in [1.165, 1.54) is 11.9 Å². The van der Waals surface area contributed by atoms with Crippen LogP contribution in [0.2, 0.25) is 0 Å². The number of hydrogen-bond acceptors (Lipinski definition) is 6. The van der Waals surface area contributed by atoms with E-state index in [0.717, 1.165) is 29.8 Å². The number of hydrazine groups is 1. The molecule has 0 bridgehead atoms. The Balaban J connectivity index is 2.19. The molecule has 6 nitrogen and oxygen atoms in total. The molecule has 2 aromatic heterocycles. The number of nitrogens with one attached hydrogen (secondary N) is 2. The van der Waals surface area contributed by atoms with E-state index in [0.29, 0.717) is 12.4 Å². The predicted molar refractivity (Wildman–Crippen MR) is 80.1 cm³/mol. The molecule has 2 rings (SSSR count). The van der Waals surface area contributed by atoms with E-state index in [-0.39, 0.29) is 0 Å². The van der Waals surface area contributed by atoms with E-state index in [1.807, 2.05) is 19.2 Å². The van der Waals surface area contributed by atoms with Crippen molar-refractivity contribution in [1.82, 2.24) is 15.0 Å². The van der Waals surface area contributed by atoms with Crippen molar-refractivity contribution in [2.75, 3.05) is 10.7 Å². The number of hydrogen-bond donors (Lipinski definition) is 3. The SMILES string of the molecule is CCCc1c(NN)ncnc1NCc1ccncc1C. The van der Waals surface area contributed by atoms with Crippen molar-refractivity contribution < 1.29 is 0 Å². The zero-order valence-electron chi connectivity index (χ0n) is 11.8. The van der Waals surface area contributed by atoms with Gasteiger partial charge in [-0.15, -0.1) is 0 Å². The van der Waals surface area contributed by atoms with Gasteiger partial charge in [-0.25, -0.2) is 15.8 Å². The van der Waals surface area contributed by atoms with Crippen LogP contribution < -0.4 is 16.6 Å². The van der Waals surface area contributed by atoms with Crippen LogP contribution in [-0.2, 0) is 13.0 Å². The van der Waals surface area contributed by atoms with E-state index < -0.39 is 0 Å². The first-order chi connectivity index (χ1) is 9.76. The lowest BCUT2D eigenvalue weighted by Gasteiger charge is -2.14. The summed E-state index contributed by atoms with van der Waals surface area (Å²) >= 11 is 0. The summed E-state index contributed by atoms with van der Waals surface area (Å²) in [6.45, 7) is 4.86. The number of anilines is 2. The van der Waals surface area contributed by atoms with Crippen molar-refractivity contribution in [1.29, 1.82) is 0 Å². The van der Waals surface area contributed by atoms with Crippen molar-refractivity contribution in [3.05, 3.63) is 41.5 Å². The van der Waals surface area contributed by atoms with Crippen LogP contribution in [0.4, 0.5) is 11.6 Å². The van der Waals surface area contributed by atoms with Gasteiger partial charge in [-0.3, -0.25) is 4.98 Å². The first kappa shape index (κ1) is 14.2. The Morgan fingerprint density at radius 3 is 2.75 bits per heavy atom. The number of nitrogens with two attached hydrogens (primary N) is 1. The highest BCUT2D eigenvalue weighted by atomic mass is 15.3. The van der Waals surface area contributed by atoms with Gasteiger partial charge in [0.05, 0.1) is 0 Å². The monoisotopic (exact) mass is 272 g/mol. The van der Waals surface area contributed by atoms with Crippen LogP contribution in [0.5, 0.6) is 0 Å². The van der Waals surface area contributed by atoms with Crippen molar-refractivity contribution >= 4 is 11.6 Å². The molecule has 0 spiro atoms. The molecule has 0 fully saturated rings. The molecule has 0 atom stereocenters. The van der Waals surface area contributed by atoms with Gasteiger partial charge in [-0.05, 0) is 30.5 Å². The second kappa shape index (κ2) is 6.81. The van der Waals surface area contributed by atoms with E-state index in [2.05, 4.69) is 32.6 Å². The molecule has 0 unspecified atom stereocenters. The van der Waals surface area contributed by atoms with Gasteiger partial charge < -0.3 is 10.7 Å². The Kier molecular flexibility index (Phi) is 4.84. The standard InChI is InChI=1S/C14H20N6/c1-3-4-12-13(18-9-19-14(12)20-15)17-8-11-5-6-16-7-10(11)2/h5-7,9H,3-4,8,15H2,1-2H3,(H2,17,18,19,20). The highest BCUT2D eigenvalue weighted by molar-refractivity contribution is 5.57. The average Bonchev–Trinajstić information content (AvgIpc) is 2.47. The maximum Gasteiger partial charge on any atom is 0.148 e. The third-order valence-corrected chi connectivity index (χ3v) is 3.16. The predicted octanol–water partition coefficient (Wildman–Crippen LogP) is 2.03. The zero-order valence-corrected chi connectivity index (χ0v) is 11.8. The number of aryl methyl sites for hydroxylation is 1. The zero-order chi connectivity index (χ0) is 14.4. The second-order valence-electron chi connectivity index (χ2n) is 4.60. The number of nitrogen functional groups attached to an aromatic ring is 1. The summed E-state index contributed by atoms with van der Waals surface area (Å²) in [4.78, 5) is 12.6. The minimum Gasteiger partial charge on any atom is -0.366 e. The van der Waals surface area contributed by atoms with Gasteiger partial charge in [0.2, 0.25) is 0 Å². The molecule has 0 saturated heterocycles. The third kappa shape index (κ3) is 3.21. The Hall–Kier alpha value is -2.21. The maximum atomic E-state index is 5.50. The van der Waals surface area contributed by atoms with Crippen LogP contribution in [-0.4, -0.2) is 15.0 Å². The van der Waals surface area contributed by atoms with Crippen molar-refractivity contribution in [2.45, 2.75) is 33.2 Å². The molecule has 0 radical (unpaired) electrons. The van der Waals surface area contributed by atoms with Crippen LogP contribution in [0.25, 0.3) is 0 Å². The fourth-order valence-corrected chi connectivity index (χ4v) is 2.06. The first-order valence-electron chi connectivity index (χ1n) is 6.70. The number of pyridine rings is 1. The molecule has 0 aromatic carbocycles. The molecule has 0 aliphatic carbocycles. The fraction of sp³-hybridized carbons (Fsp3) is 0.357. The summed E-state index contributed by atoms with van der Waals surface area (Å²) < 4.78 is 0. The lowest BCUT2D eigenvalue weighted by atomic mass is 10.1. The molecule has 2 heterocycles. The average molecular weight is 272 g/mol. The molecule has 0 saturated carbocycles. The smallest absolute Gasteiger partial charge is 0.148 e. The second-order valence-corrected chi connectivity index (χ2v) is 4.60. The van der Waals surface area contributed by atoms with Gasteiger partial charge in [0.25, 0.3) is 0 Å². The molecular formula is C14H20N6.